The Morgan fingerprint density at radius 3 is 2.56 bits per heavy atom. The van der Waals surface area contributed by atoms with E-state index in [1.807, 2.05) is 0 Å². The Morgan fingerprint density at radius 1 is 1.08 bits per heavy atom. The average Bonchev–Trinajstić information content (AvgIpc) is 2.93. The van der Waals surface area contributed by atoms with Gasteiger partial charge in [-0.1, -0.05) is 53.7 Å². The summed E-state index contributed by atoms with van der Waals surface area (Å²) in [6.45, 7) is 0. The number of alkyl halides is 3. The largest absolute Gasteiger partial charge is 0.416 e. The lowest BCUT2D eigenvalue weighted by Crippen LogP contribution is -2.11. The van der Waals surface area contributed by atoms with Crippen molar-refractivity contribution in [3.8, 4) is 11.4 Å². The van der Waals surface area contributed by atoms with Crippen LogP contribution in [0.5, 0.6) is 0 Å². The number of benzene rings is 2. The van der Waals surface area contributed by atoms with Gasteiger partial charge in [0.05, 0.1) is 5.56 Å². The second-order valence-corrected chi connectivity index (χ2v) is 6.55. The number of thioether (sulfide) groups is 1. The van der Waals surface area contributed by atoms with Crippen LogP contribution < -0.4 is 5.84 Å². The lowest BCUT2D eigenvalue weighted by atomic mass is 10.1. The number of hydrogen-bond acceptors (Lipinski definition) is 4. The van der Waals surface area contributed by atoms with E-state index in [4.69, 9.17) is 17.4 Å². The molecule has 0 fully saturated rings. The van der Waals surface area contributed by atoms with Crippen molar-refractivity contribution in [1.29, 1.82) is 0 Å². The van der Waals surface area contributed by atoms with Crippen molar-refractivity contribution in [2.24, 2.45) is 0 Å². The van der Waals surface area contributed by atoms with Gasteiger partial charge in [0.1, 0.15) is 0 Å². The summed E-state index contributed by atoms with van der Waals surface area (Å²) >= 11 is 7.15. The third-order valence-corrected chi connectivity index (χ3v) is 4.62. The fourth-order valence-electron chi connectivity index (χ4n) is 2.19. The van der Waals surface area contributed by atoms with Crippen LogP contribution >= 0.6 is 23.4 Å². The first-order valence-electron chi connectivity index (χ1n) is 7.10. The fraction of sp³-hybridized carbons (Fsp3) is 0.125. The number of halogens is 4. The van der Waals surface area contributed by atoms with Gasteiger partial charge in [0, 0.05) is 16.3 Å². The predicted octanol–water partition coefficient (Wildman–Crippen LogP) is 4.62. The summed E-state index contributed by atoms with van der Waals surface area (Å²) in [5.74, 6) is 6.71. The van der Waals surface area contributed by atoms with Crippen molar-refractivity contribution in [3.63, 3.8) is 0 Å². The first kappa shape index (κ1) is 17.6. The highest BCUT2D eigenvalue weighted by Crippen LogP contribution is 2.31. The Bertz CT molecular complexity index is 895. The molecule has 4 nitrogen and oxygen atoms in total. The van der Waals surface area contributed by atoms with Crippen molar-refractivity contribution < 1.29 is 13.2 Å². The maximum absolute atomic E-state index is 12.8. The van der Waals surface area contributed by atoms with E-state index in [0.717, 1.165) is 12.1 Å². The molecular formula is C16H12ClF3N4S. The number of aromatic nitrogens is 3. The molecule has 3 rings (SSSR count). The maximum Gasteiger partial charge on any atom is 0.416 e. The van der Waals surface area contributed by atoms with E-state index in [0.29, 0.717) is 27.1 Å². The SMILES string of the molecule is Nn1c(SCc2cccc(C(F)(F)F)c2)nnc1-c1cccc(Cl)c1. The normalized spacial score (nSPS) is 11.7. The number of nitrogens with two attached hydrogens (primary N) is 1. The molecule has 0 saturated heterocycles. The topological polar surface area (TPSA) is 56.7 Å². The van der Waals surface area contributed by atoms with Crippen LogP contribution in [0.3, 0.4) is 0 Å². The molecule has 0 saturated carbocycles. The highest BCUT2D eigenvalue weighted by atomic mass is 35.5. The molecule has 0 atom stereocenters. The Hall–Kier alpha value is -2.19. The van der Waals surface area contributed by atoms with Gasteiger partial charge < -0.3 is 5.84 Å². The summed E-state index contributed by atoms with van der Waals surface area (Å²) in [5, 5.41) is 8.95. The van der Waals surface area contributed by atoms with E-state index in [2.05, 4.69) is 10.2 Å². The van der Waals surface area contributed by atoms with Crippen LogP contribution in [0.25, 0.3) is 11.4 Å². The van der Waals surface area contributed by atoms with Crippen LogP contribution in [-0.4, -0.2) is 14.9 Å². The lowest BCUT2D eigenvalue weighted by molar-refractivity contribution is -0.137. The molecule has 130 valence electrons. The van der Waals surface area contributed by atoms with Gasteiger partial charge in [-0.2, -0.15) is 13.2 Å². The number of hydrogen-bond donors (Lipinski definition) is 1. The van der Waals surface area contributed by atoms with Gasteiger partial charge in [0.15, 0.2) is 5.82 Å². The number of rotatable bonds is 4. The summed E-state index contributed by atoms with van der Waals surface area (Å²) < 4.78 is 39.6. The van der Waals surface area contributed by atoms with E-state index >= 15 is 0 Å². The molecule has 0 bridgehead atoms. The summed E-state index contributed by atoms with van der Waals surface area (Å²) in [5.41, 5.74) is 0.542. The molecule has 0 aliphatic heterocycles. The standard InChI is InChI=1S/C16H12ClF3N4S/c17-13-6-2-4-11(8-13)14-22-23-15(24(14)21)25-9-10-3-1-5-12(7-10)16(18,19)20/h1-8H,9,21H2. The quantitative estimate of drug-likeness (QED) is 0.526. The number of nitrogens with zero attached hydrogens (tertiary/aromatic N) is 3. The van der Waals surface area contributed by atoms with Crippen molar-refractivity contribution in [2.75, 3.05) is 5.84 Å². The van der Waals surface area contributed by atoms with E-state index < -0.39 is 11.7 Å². The predicted molar refractivity (Wildman–Crippen MR) is 91.6 cm³/mol. The molecule has 2 N–H and O–H groups in total. The molecule has 0 unspecified atom stereocenters. The molecule has 1 aromatic heterocycles. The molecular weight excluding hydrogens is 373 g/mol. The Morgan fingerprint density at radius 2 is 1.84 bits per heavy atom. The van der Waals surface area contributed by atoms with Crippen LogP contribution in [-0.2, 0) is 11.9 Å². The van der Waals surface area contributed by atoms with Crippen LogP contribution in [0.4, 0.5) is 13.2 Å². The van der Waals surface area contributed by atoms with Gasteiger partial charge in [-0.25, -0.2) is 4.68 Å². The first-order valence-corrected chi connectivity index (χ1v) is 8.46. The van der Waals surface area contributed by atoms with E-state index in [1.54, 1.807) is 30.3 Å². The average molecular weight is 385 g/mol. The molecule has 0 radical (unpaired) electrons. The number of nitrogen functional groups attached to an aromatic ring is 1. The van der Waals surface area contributed by atoms with Crippen LogP contribution in [0.2, 0.25) is 5.02 Å². The maximum atomic E-state index is 12.8. The minimum Gasteiger partial charge on any atom is -0.335 e. The van der Waals surface area contributed by atoms with Gasteiger partial charge in [-0.05, 0) is 23.8 Å². The summed E-state index contributed by atoms with van der Waals surface area (Å²) in [6, 6.07) is 12.1. The van der Waals surface area contributed by atoms with Crippen LogP contribution in [0.1, 0.15) is 11.1 Å². The molecule has 0 aliphatic carbocycles. The van der Waals surface area contributed by atoms with Gasteiger partial charge in [0.2, 0.25) is 5.16 Å². The third-order valence-electron chi connectivity index (χ3n) is 3.37. The second kappa shape index (κ2) is 6.97. The van der Waals surface area contributed by atoms with Gasteiger partial charge in [-0.15, -0.1) is 10.2 Å². The molecule has 9 heteroatoms. The zero-order valence-corrected chi connectivity index (χ0v) is 14.2. The molecule has 0 spiro atoms. The summed E-state index contributed by atoms with van der Waals surface area (Å²) in [6.07, 6.45) is -4.37. The Kier molecular flexibility index (Phi) is 4.91. The van der Waals surface area contributed by atoms with Crippen LogP contribution in [0, 0.1) is 0 Å². The summed E-state index contributed by atoms with van der Waals surface area (Å²) in [7, 11) is 0. The van der Waals surface area contributed by atoms with Gasteiger partial charge >= 0.3 is 6.18 Å². The van der Waals surface area contributed by atoms with E-state index in [1.165, 1.54) is 22.5 Å². The molecule has 3 aromatic rings. The zero-order valence-electron chi connectivity index (χ0n) is 12.7. The Balaban J connectivity index is 1.77. The smallest absolute Gasteiger partial charge is 0.335 e. The molecule has 2 aromatic carbocycles. The van der Waals surface area contributed by atoms with E-state index in [-0.39, 0.29) is 5.75 Å². The fourth-order valence-corrected chi connectivity index (χ4v) is 3.17. The summed E-state index contributed by atoms with van der Waals surface area (Å²) in [4.78, 5) is 0. The van der Waals surface area contributed by atoms with Gasteiger partial charge in [-0.3, -0.25) is 0 Å². The van der Waals surface area contributed by atoms with Crippen LogP contribution in [0.15, 0.2) is 53.7 Å². The van der Waals surface area contributed by atoms with Crippen molar-refractivity contribution in [1.82, 2.24) is 14.9 Å². The van der Waals surface area contributed by atoms with Crippen molar-refractivity contribution in [3.05, 3.63) is 64.7 Å². The molecule has 1 heterocycles. The first-order chi connectivity index (χ1) is 11.8. The van der Waals surface area contributed by atoms with Gasteiger partial charge in [0.25, 0.3) is 0 Å². The minimum absolute atomic E-state index is 0.287. The molecule has 25 heavy (non-hydrogen) atoms. The highest BCUT2D eigenvalue weighted by Gasteiger charge is 2.30. The molecule has 0 amide bonds. The zero-order chi connectivity index (χ0) is 18.0. The second-order valence-electron chi connectivity index (χ2n) is 5.17. The van der Waals surface area contributed by atoms with E-state index in [9.17, 15) is 13.2 Å². The monoisotopic (exact) mass is 384 g/mol. The highest BCUT2D eigenvalue weighted by molar-refractivity contribution is 7.98. The molecule has 0 aliphatic rings. The third kappa shape index (κ3) is 4.08. The Labute approximate surface area is 150 Å². The lowest BCUT2D eigenvalue weighted by Gasteiger charge is -2.08. The minimum atomic E-state index is -4.37. The van der Waals surface area contributed by atoms with Crippen molar-refractivity contribution >= 4 is 23.4 Å². The van der Waals surface area contributed by atoms with Crippen molar-refractivity contribution in [2.45, 2.75) is 17.1 Å².